The highest BCUT2D eigenvalue weighted by atomic mass is 127. The summed E-state index contributed by atoms with van der Waals surface area (Å²) >= 11 is 14.2. The number of carbonyl (C=O) groups is 6. The Morgan fingerprint density at radius 1 is 0.275 bits per heavy atom. The topological polar surface area (TPSA) is 304 Å². The number of carbonyl (C=O) groups excluding carboxylic acids is 4. The normalized spacial score (nSPS) is 10.3. The third-order valence-corrected chi connectivity index (χ3v) is 34.5. The van der Waals surface area contributed by atoms with Crippen molar-refractivity contribution in [3.8, 4) is 0 Å². The van der Waals surface area contributed by atoms with Gasteiger partial charge in [-0.15, -0.1) is 0 Å². The predicted molar refractivity (Wildman–Crippen MR) is 666 cm³/mol. The van der Waals surface area contributed by atoms with Gasteiger partial charge in [0.2, 0.25) is 0 Å². The first-order valence-corrected chi connectivity index (χ1v) is 61.9. The second-order valence-corrected chi connectivity index (χ2v) is 53.6. The van der Waals surface area contributed by atoms with E-state index in [1.165, 1.54) is 95.6 Å². The first-order valence-electron chi connectivity index (χ1n) is 49.3. The molecule has 0 saturated carbocycles. The lowest BCUT2D eigenvalue weighted by atomic mass is 10.1. The van der Waals surface area contributed by atoms with Gasteiger partial charge < -0.3 is 58.3 Å². The van der Waals surface area contributed by atoms with Crippen molar-refractivity contribution in [2.24, 2.45) is 11.5 Å². The average Bonchev–Trinajstić information content (AvgIpc) is 0.839. The third kappa shape index (κ3) is 52.4. The molecule has 0 saturated heterocycles. The number of rotatable bonds is 30. The van der Waals surface area contributed by atoms with E-state index in [-0.39, 0.29) is 43.4 Å². The van der Waals surface area contributed by atoms with Gasteiger partial charge >= 0.3 is 11.9 Å². The summed E-state index contributed by atoms with van der Waals surface area (Å²) in [7, 11) is -2.70. The van der Waals surface area contributed by atoms with Crippen molar-refractivity contribution in [3.63, 3.8) is 0 Å². The number of hydrogen-bond donors (Lipinski definition) is 11. The molecule has 0 aliphatic carbocycles. The highest BCUT2D eigenvalue weighted by molar-refractivity contribution is 14.1. The highest BCUT2D eigenvalue weighted by Gasteiger charge is 2.24. The Kier molecular flexibility index (Phi) is 60.2. The molecule has 15 aromatic rings. The molecule has 4 amide bonds. The Morgan fingerprint density at radius 2 is 0.530 bits per heavy atom. The Labute approximate surface area is 960 Å². The molecule has 0 bridgehead atoms. The van der Waals surface area contributed by atoms with Crippen molar-refractivity contribution < 1.29 is 54.3 Å². The number of hydrogen-bond acceptors (Lipinski definition) is 11. The van der Waals surface area contributed by atoms with Crippen LogP contribution in [0.1, 0.15) is 171 Å². The molecule has 25 heteroatoms. The Balaban J connectivity index is 0.000000260. The van der Waals surface area contributed by atoms with Crippen molar-refractivity contribution in [2.45, 2.75) is 165 Å². The number of amides is 4. The quantitative estimate of drug-likeness (QED) is 0.0148. The summed E-state index contributed by atoms with van der Waals surface area (Å²) in [6.45, 7) is 28.5. The summed E-state index contributed by atoms with van der Waals surface area (Å²) in [5.41, 5.74) is 33.4. The van der Waals surface area contributed by atoms with E-state index in [2.05, 4.69) is 331 Å². The van der Waals surface area contributed by atoms with Gasteiger partial charge in [-0.2, -0.15) is 0 Å². The maximum atomic E-state index is 12.6. The van der Waals surface area contributed by atoms with E-state index in [4.69, 9.17) is 37.0 Å². The minimum Gasteiger partial charge on any atom is -0.478 e. The second-order valence-electron chi connectivity index (χ2n) is 36.7. The minimum atomic E-state index is -1.51. The summed E-state index contributed by atoms with van der Waals surface area (Å²) in [4.78, 5) is 69.0. The Hall–Kier alpha value is -10.5. The number of aromatic carboxylic acids is 2. The molecule has 0 heterocycles. The third-order valence-electron chi connectivity index (χ3n) is 23.4. The van der Waals surface area contributed by atoms with Gasteiger partial charge in [0.15, 0.2) is 0 Å². The number of benzene rings is 15. The summed E-state index contributed by atoms with van der Waals surface area (Å²) in [6, 6.07) is 122. The zero-order chi connectivity index (χ0) is 109. The number of nitrogens with two attached hydrogens (primary N) is 2. The maximum Gasteiger partial charge on any atom is 0.335 e. The molecule has 15 aromatic carbocycles. The molecule has 0 fully saturated rings. The van der Waals surface area contributed by atoms with E-state index in [0.717, 1.165) is 82.2 Å². The van der Waals surface area contributed by atoms with Crippen LogP contribution in [0.2, 0.25) is 38.3 Å². The lowest BCUT2D eigenvalue weighted by molar-refractivity contribution is 0.0686. The van der Waals surface area contributed by atoms with Gasteiger partial charge in [0, 0.05) is 104 Å². The number of aliphatic hydroxyl groups is 3. The van der Waals surface area contributed by atoms with E-state index in [0.29, 0.717) is 67.1 Å². The van der Waals surface area contributed by atoms with Crippen LogP contribution in [0.25, 0.3) is 0 Å². The molecule has 0 aromatic heterocycles. The van der Waals surface area contributed by atoms with E-state index < -0.39 is 28.1 Å². The van der Waals surface area contributed by atoms with Crippen LogP contribution in [-0.2, 0) is 65.0 Å². The van der Waals surface area contributed by atoms with Crippen molar-refractivity contribution >= 4 is 191 Å². The lowest BCUT2D eigenvalue weighted by Crippen LogP contribution is -2.41. The molecule has 782 valence electrons. The number of halogens is 6. The molecule has 15 rings (SSSR count). The minimum absolute atomic E-state index is 0.0231. The van der Waals surface area contributed by atoms with Crippen LogP contribution in [0.15, 0.2) is 368 Å². The van der Waals surface area contributed by atoms with Crippen LogP contribution in [0.4, 0.5) is 0 Å². The van der Waals surface area contributed by atoms with Crippen molar-refractivity contribution in [3.05, 3.63) is 509 Å². The molecule has 149 heavy (non-hydrogen) atoms. The standard InChI is InChI=1S/C28H35NO2Si.3C15H14INO.C13H22OSi.C8H9BrO.2C8H11N.2C7H5IO2/c1-22-9-11-25(12-10-22)21-29-28(31)26-8-4-6-24(20-26)7-5-19-32(2,3)27-15-13-23(14-16-27)17-18-30;1-11-2-4-12(5-3-11)10-17-15(18)13-6-8-14(16)9-7-13;2*1-11-5-7-12(8-6-11)10-17-15(18)13-3-2-4-14(16)9-13;1-4-11-15(2,3)13-7-5-12(6-8-13)9-10-14;9-8-3-1-7(2-4-8)5-6-10;2*1-7-2-4-8(6-9)5-3-7;8-6-3-1-5(2-4-6)7(9)10;8-6-3-1-2-5(4-6)7(9)10/h4,6,8-16,20,30H,5,7,17-19,21H2,1-3H3,(H,29,31);3*2-9H,10H2,1H3,(H,17,18);5-8,14H,4,9-11H2,1-3H3;1-4,10H,5-6H2;2*2-5H,6,9H2,1H3;2*1-4H,(H,9,10). The van der Waals surface area contributed by atoms with Crippen molar-refractivity contribution in [1.82, 2.24) is 21.3 Å². The van der Waals surface area contributed by atoms with Gasteiger partial charge in [-0.3, -0.25) is 19.2 Å². The maximum absolute atomic E-state index is 12.6. The first-order chi connectivity index (χ1) is 71.3. The molecule has 0 spiro atoms. The summed E-state index contributed by atoms with van der Waals surface area (Å²) < 4.78 is 6.32. The SMILES string of the molecule is CCC[Si](C)(C)c1ccc(CCO)cc1.Cc1ccc(CN)cc1.Cc1ccc(CN)cc1.Cc1ccc(CNC(=O)c2ccc(I)cc2)cc1.Cc1ccc(CNC(=O)c2cccc(CCC[Si](C)(C)c3ccc(CCO)cc3)c2)cc1.Cc1ccc(CNC(=O)c2cccc(I)c2)cc1.Cc1ccc(CNC(=O)c2cccc(I)c2)cc1.O=C(O)c1ccc(I)cc1.O=C(O)c1cccc(I)c1.OCCc1ccc(Br)cc1. The molecule has 0 radical (unpaired) electrons. The monoisotopic (exact) mass is 2660 g/mol. The molecule has 0 aliphatic heterocycles. The lowest BCUT2D eigenvalue weighted by Gasteiger charge is -2.23. The van der Waals surface area contributed by atoms with Crippen LogP contribution in [-0.4, -0.2) is 97.1 Å². The van der Waals surface area contributed by atoms with Crippen molar-refractivity contribution in [2.75, 3.05) is 19.8 Å². The van der Waals surface area contributed by atoms with Gasteiger partial charge in [0.1, 0.15) is 0 Å². The number of aliphatic hydroxyl groups excluding tert-OH is 3. The van der Waals surface area contributed by atoms with Crippen LogP contribution >= 0.6 is 129 Å². The zero-order valence-corrected chi connectivity index (χ0v) is 101. The zero-order valence-electron chi connectivity index (χ0n) is 86.8. The van der Waals surface area contributed by atoms with E-state index >= 15 is 0 Å². The Morgan fingerprint density at radius 3 is 0.812 bits per heavy atom. The van der Waals surface area contributed by atoms with Crippen molar-refractivity contribution in [1.29, 1.82) is 0 Å². The number of carboxylic acid groups (broad SMARTS) is 2. The van der Waals surface area contributed by atoms with Gasteiger partial charge in [-0.1, -0.05) is 354 Å². The highest BCUT2D eigenvalue weighted by Crippen LogP contribution is 2.22. The van der Waals surface area contributed by atoms with Crippen LogP contribution in [0.5, 0.6) is 0 Å². The molecule has 0 atom stereocenters. The molecular weight excluding hydrogens is 2520 g/mol. The number of aryl methyl sites for hydroxylation is 7. The van der Waals surface area contributed by atoms with E-state index in [9.17, 15) is 28.8 Å². The number of nitrogens with one attached hydrogen (secondary N) is 4. The molecule has 0 unspecified atom stereocenters. The van der Waals surface area contributed by atoms with Crippen LogP contribution in [0.3, 0.4) is 0 Å². The van der Waals surface area contributed by atoms with Crippen LogP contribution < -0.4 is 43.1 Å². The Bertz CT molecular complexity index is 6350. The van der Waals surface area contributed by atoms with Gasteiger partial charge in [-0.25, -0.2) is 9.59 Å². The van der Waals surface area contributed by atoms with Crippen LogP contribution in [0, 0.1) is 59.4 Å². The largest absolute Gasteiger partial charge is 0.478 e. The summed E-state index contributed by atoms with van der Waals surface area (Å²) in [5.74, 6) is -1.88. The average molecular weight is 2660 g/mol. The second kappa shape index (κ2) is 70.6. The smallest absolute Gasteiger partial charge is 0.335 e. The van der Waals surface area contributed by atoms with E-state index in [1.54, 1.807) is 42.5 Å². The van der Waals surface area contributed by atoms with Gasteiger partial charge in [-0.05, 0) is 363 Å². The molecular formula is C124H140BrI5N6O11Si2. The fourth-order valence-electron chi connectivity index (χ4n) is 14.3. The van der Waals surface area contributed by atoms with Gasteiger partial charge in [0.05, 0.1) is 27.3 Å². The summed E-state index contributed by atoms with van der Waals surface area (Å²) in [5, 5.41) is 58.3. The summed E-state index contributed by atoms with van der Waals surface area (Å²) in [6.07, 6.45) is 5.61. The van der Waals surface area contributed by atoms with E-state index in [1.807, 2.05) is 215 Å². The number of carboxylic acids is 2. The fourth-order valence-corrected chi connectivity index (χ4v) is 21.9. The molecule has 0 aliphatic rings. The molecule has 13 N–H and O–H groups in total. The first kappa shape index (κ1) is 127. The fraction of sp³-hybridized carbons (Fsp3) is 0.226. The predicted octanol–water partition coefficient (Wildman–Crippen LogP) is 27.0. The molecule has 17 nitrogen and oxygen atoms in total. The van der Waals surface area contributed by atoms with Gasteiger partial charge in [0.25, 0.3) is 23.6 Å².